The Hall–Kier alpha value is -2.53. The average molecular weight is 426 g/mol. The fourth-order valence-electron chi connectivity index (χ4n) is 2.24. The van der Waals surface area contributed by atoms with Crippen LogP contribution < -0.4 is 5.73 Å². The van der Waals surface area contributed by atoms with E-state index >= 15 is 0 Å². The number of fused-ring (bicyclic) bond motifs is 1. The van der Waals surface area contributed by atoms with Crippen LogP contribution in [0.1, 0.15) is 21.6 Å². The van der Waals surface area contributed by atoms with Crippen LogP contribution in [0, 0.1) is 13.8 Å². The summed E-state index contributed by atoms with van der Waals surface area (Å²) in [6.07, 6.45) is 1.54. The van der Waals surface area contributed by atoms with Crippen molar-refractivity contribution in [2.24, 2.45) is 0 Å². The Kier molecular flexibility index (Phi) is 4.00. The van der Waals surface area contributed by atoms with Gasteiger partial charge in [-0.3, -0.25) is 0 Å². The second-order valence-corrected chi connectivity index (χ2v) is 7.90. The molecule has 0 radical (unpaired) electrons. The number of carboxylic acids is 1. The number of nitrogens with zero attached hydrogens (tertiary/aromatic N) is 4. The summed E-state index contributed by atoms with van der Waals surface area (Å²) in [6.45, 7) is 3.22. The smallest absolute Gasteiger partial charge is 0.336 e. The largest absolute Gasteiger partial charge is 0.478 e. The summed E-state index contributed by atoms with van der Waals surface area (Å²) in [5, 5.41) is 12.7. The molecule has 0 spiro atoms. The predicted molar refractivity (Wildman–Crippen MR) is 91.2 cm³/mol. The first kappa shape index (κ1) is 17.3. The maximum atomic E-state index is 12.9. The molecule has 0 aliphatic rings. The molecule has 0 unspecified atom stereocenters. The van der Waals surface area contributed by atoms with E-state index in [1.165, 1.54) is 17.6 Å². The molecule has 3 aromatic rings. The Balaban J connectivity index is 2.27. The van der Waals surface area contributed by atoms with Crippen LogP contribution in [0.5, 0.6) is 0 Å². The van der Waals surface area contributed by atoms with Crippen molar-refractivity contribution < 1.29 is 18.3 Å². The predicted octanol–water partition coefficient (Wildman–Crippen LogP) is 1.62. The van der Waals surface area contributed by atoms with Crippen molar-refractivity contribution in [2.45, 2.75) is 23.9 Å². The summed E-state index contributed by atoms with van der Waals surface area (Å²) in [4.78, 5) is 19.1. The SMILES string of the molecule is Cc1ccn2nc(S(=O)(=O)c3cc(C(=O)O)c(Br)c(N)c3C)nc2n1. The molecule has 0 saturated carbocycles. The zero-order valence-electron chi connectivity index (χ0n) is 13.1. The Labute approximate surface area is 150 Å². The van der Waals surface area contributed by atoms with Crippen molar-refractivity contribution in [2.75, 3.05) is 5.73 Å². The Morgan fingerprint density at radius 3 is 2.64 bits per heavy atom. The summed E-state index contributed by atoms with van der Waals surface area (Å²) in [6, 6.07) is 2.70. The van der Waals surface area contributed by atoms with Crippen LogP contribution in [-0.2, 0) is 9.84 Å². The van der Waals surface area contributed by atoms with Crippen molar-refractivity contribution in [1.29, 1.82) is 0 Å². The Morgan fingerprint density at radius 2 is 2.00 bits per heavy atom. The van der Waals surface area contributed by atoms with Gasteiger partial charge in [0.05, 0.1) is 20.6 Å². The molecule has 0 bridgehead atoms. The van der Waals surface area contributed by atoms with Gasteiger partial charge in [0.25, 0.3) is 10.9 Å². The summed E-state index contributed by atoms with van der Waals surface area (Å²) < 4.78 is 27.2. The van der Waals surface area contributed by atoms with Gasteiger partial charge in [-0.25, -0.2) is 22.7 Å². The molecule has 9 nitrogen and oxygen atoms in total. The number of rotatable bonds is 3. The zero-order chi connectivity index (χ0) is 18.5. The van der Waals surface area contributed by atoms with Crippen molar-refractivity contribution in [3.63, 3.8) is 0 Å². The topological polar surface area (TPSA) is 141 Å². The van der Waals surface area contributed by atoms with Gasteiger partial charge in [-0.2, -0.15) is 4.98 Å². The number of carbonyl (C=O) groups is 1. The summed E-state index contributed by atoms with van der Waals surface area (Å²) in [5.74, 6) is -1.19. The molecule has 25 heavy (non-hydrogen) atoms. The number of nitrogen functional groups attached to an aromatic ring is 1. The van der Waals surface area contributed by atoms with E-state index in [0.717, 1.165) is 6.07 Å². The number of carboxylic acid groups (broad SMARTS) is 1. The second kappa shape index (κ2) is 5.77. The van der Waals surface area contributed by atoms with Crippen molar-refractivity contribution in [1.82, 2.24) is 19.6 Å². The fourth-order valence-corrected chi connectivity index (χ4v) is 4.20. The number of aryl methyl sites for hydroxylation is 1. The lowest BCUT2D eigenvalue weighted by Gasteiger charge is -2.12. The molecule has 0 amide bonds. The molecule has 0 saturated heterocycles. The van der Waals surface area contributed by atoms with Gasteiger partial charge in [-0.05, 0) is 47.5 Å². The van der Waals surface area contributed by atoms with Gasteiger partial charge < -0.3 is 10.8 Å². The molecular formula is C14H12BrN5O4S. The third kappa shape index (κ3) is 2.74. The van der Waals surface area contributed by atoms with Gasteiger partial charge in [0.2, 0.25) is 9.84 Å². The van der Waals surface area contributed by atoms with Crippen LogP contribution in [0.2, 0.25) is 0 Å². The van der Waals surface area contributed by atoms with Gasteiger partial charge in [-0.1, -0.05) is 0 Å². The van der Waals surface area contributed by atoms with E-state index in [0.29, 0.717) is 5.69 Å². The molecule has 11 heteroatoms. The fraction of sp³-hybridized carbons (Fsp3) is 0.143. The highest BCUT2D eigenvalue weighted by Crippen LogP contribution is 2.34. The van der Waals surface area contributed by atoms with Gasteiger partial charge in [0.15, 0.2) is 0 Å². The van der Waals surface area contributed by atoms with E-state index in [1.807, 2.05) is 0 Å². The number of anilines is 1. The lowest BCUT2D eigenvalue weighted by atomic mass is 10.1. The summed E-state index contributed by atoms with van der Waals surface area (Å²) in [5.41, 5.74) is 6.48. The van der Waals surface area contributed by atoms with Crippen LogP contribution in [0.4, 0.5) is 5.69 Å². The highest BCUT2D eigenvalue weighted by Gasteiger charge is 2.29. The molecule has 130 valence electrons. The van der Waals surface area contributed by atoms with Crippen LogP contribution in [0.25, 0.3) is 5.78 Å². The van der Waals surface area contributed by atoms with Gasteiger partial charge in [-0.15, -0.1) is 5.10 Å². The van der Waals surface area contributed by atoms with Crippen molar-refractivity contribution in [3.05, 3.63) is 39.6 Å². The third-order valence-electron chi connectivity index (χ3n) is 3.61. The molecule has 2 heterocycles. The standard InChI is InChI=1S/C14H12BrN5O4S/c1-6-3-4-20-13(17-6)18-14(19-20)25(23,24)9-5-8(12(21)22)10(15)11(16)7(9)2/h3-5H,16H2,1-2H3,(H,21,22). The maximum Gasteiger partial charge on any atom is 0.336 e. The van der Waals surface area contributed by atoms with Gasteiger partial charge >= 0.3 is 5.97 Å². The molecule has 1 aromatic carbocycles. The van der Waals surface area contributed by atoms with E-state index in [2.05, 4.69) is 31.0 Å². The average Bonchev–Trinajstić information content (AvgIpc) is 2.96. The van der Waals surface area contributed by atoms with Crippen molar-refractivity contribution >= 4 is 43.2 Å². The lowest BCUT2D eigenvalue weighted by molar-refractivity contribution is 0.0695. The van der Waals surface area contributed by atoms with Crippen LogP contribution >= 0.6 is 15.9 Å². The minimum atomic E-state index is -4.19. The van der Waals surface area contributed by atoms with E-state index in [9.17, 15) is 18.3 Å². The molecule has 0 aliphatic heterocycles. The first-order valence-corrected chi connectivity index (χ1v) is 9.17. The maximum absolute atomic E-state index is 12.9. The Morgan fingerprint density at radius 1 is 1.32 bits per heavy atom. The third-order valence-corrected chi connectivity index (χ3v) is 6.12. The number of benzene rings is 1. The first-order valence-electron chi connectivity index (χ1n) is 6.90. The number of sulfone groups is 1. The van der Waals surface area contributed by atoms with Crippen molar-refractivity contribution in [3.8, 4) is 0 Å². The molecular weight excluding hydrogens is 414 g/mol. The Bertz CT molecular complexity index is 1140. The molecule has 2 aromatic heterocycles. The summed E-state index contributed by atoms with van der Waals surface area (Å²) in [7, 11) is -4.19. The number of aromatic carboxylic acids is 1. The van der Waals surface area contributed by atoms with E-state index in [-0.39, 0.29) is 32.0 Å². The quantitative estimate of drug-likeness (QED) is 0.602. The van der Waals surface area contributed by atoms with Gasteiger partial charge in [0, 0.05) is 11.9 Å². The minimum absolute atomic E-state index is 0.0243. The normalized spacial score (nSPS) is 11.8. The number of nitrogens with two attached hydrogens (primary N) is 1. The number of hydrogen-bond acceptors (Lipinski definition) is 7. The minimum Gasteiger partial charge on any atom is -0.478 e. The molecule has 3 N–H and O–H groups in total. The number of aromatic nitrogens is 4. The summed E-state index contributed by atoms with van der Waals surface area (Å²) >= 11 is 3.08. The van der Waals surface area contributed by atoms with E-state index in [1.54, 1.807) is 13.0 Å². The molecule has 0 aliphatic carbocycles. The monoisotopic (exact) mass is 425 g/mol. The molecule has 0 fully saturated rings. The second-order valence-electron chi connectivity index (χ2n) is 5.29. The van der Waals surface area contributed by atoms with E-state index < -0.39 is 21.0 Å². The van der Waals surface area contributed by atoms with Crippen LogP contribution in [0.3, 0.4) is 0 Å². The number of halogens is 1. The molecule has 0 atom stereocenters. The van der Waals surface area contributed by atoms with Crippen LogP contribution in [0.15, 0.2) is 32.9 Å². The van der Waals surface area contributed by atoms with Crippen LogP contribution in [-0.4, -0.2) is 39.1 Å². The highest BCUT2D eigenvalue weighted by atomic mass is 79.9. The van der Waals surface area contributed by atoms with E-state index in [4.69, 9.17) is 5.73 Å². The lowest BCUT2D eigenvalue weighted by Crippen LogP contribution is -2.11. The van der Waals surface area contributed by atoms with Gasteiger partial charge in [0.1, 0.15) is 0 Å². The first-order chi connectivity index (χ1) is 11.6. The highest BCUT2D eigenvalue weighted by molar-refractivity contribution is 9.10. The number of hydrogen-bond donors (Lipinski definition) is 2. The zero-order valence-corrected chi connectivity index (χ0v) is 15.5. The molecule has 3 rings (SSSR count).